The Morgan fingerprint density at radius 2 is 1.79 bits per heavy atom. The lowest BCUT2D eigenvalue weighted by atomic mass is 10.1. The molecule has 0 spiro atoms. The Balaban J connectivity index is 2.05. The molecule has 0 fully saturated rings. The molecule has 0 unspecified atom stereocenters. The molecule has 8 heteroatoms. The van der Waals surface area contributed by atoms with Crippen molar-refractivity contribution in [1.29, 1.82) is 5.26 Å². The van der Waals surface area contributed by atoms with E-state index >= 15 is 0 Å². The Morgan fingerprint density at radius 1 is 1.11 bits per heavy atom. The fraction of sp³-hybridized carbons (Fsp3) is 0.300. The van der Waals surface area contributed by atoms with Crippen LogP contribution < -0.4 is 5.32 Å². The van der Waals surface area contributed by atoms with Crippen molar-refractivity contribution < 1.29 is 23.9 Å². The number of benzene rings is 1. The monoisotopic (exact) mass is 400 g/mol. The number of anilines is 1. The number of nitrogens with zero attached hydrogens (tertiary/aromatic N) is 1. The zero-order valence-corrected chi connectivity index (χ0v) is 16.6. The molecule has 0 aliphatic heterocycles. The molecule has 0 radical (unpaired) electrons. The number of thiophene rings is 1. The Bertz CT molecular complexity index is 925. The van der Waals surface area contributed by atoms with Gasteiger partial charge < -0.3 is 14.8 Å². The number of amides is 1. The summed E-state index contributed by atoms with van der Waals surface area (Å²) in [7, 11) is 0. The van der Waals surface area contributed by atoms with Crippen LogP contribution in [-0.4, -0.2) is 31.1 Å². The third-order valence-corrected chi connectivity index (χ3v) is 4.94. The van der Waals surface area contributed by atoms with Gasteiger partial charge in [-0.15, -0.1) is 11.3 Å². The summed E-state index contributed by atoms with van der Waals surface area (Å²) in [4.78, 5) is 37.4. The van der Waals surface area contributed by atoms with Crippen LogP contribution in [-0.2, 0) is 20.7 Å². The van der Waals surface area contributed by atoms with Crippen LogP contribution >= 0.6 is 11.3 Å². The second kappa shape index (κ2) is 9.67. The minimum atomic E-state index is -0.679. The minimum absolute atomic E-state index is 0.229. The molecule has 0 aliphatic carbocycles. The second-order valence-electron chi connectivity index (χ2n) is 5.73. The Kier molecular flexibility index (Phi) is 7.29. The highest BCUT2D eigenvalue weighted by molar-refractivity contribution is 7.16. The number of nitrogens with one attached hydrogen (secondary N) is 1. The molecule has 1 aromatic carbocycles. The van der Waals surface area contributed by atoms with Crippen LogP contribution in [0.5, 0.6) is 0 Å². The van der Waals surface area contributed by atoms with Crippen molar-refractivity contribution in [1.82, 2.24) is 0 Å². The standard InChI is InChI=1S/C20H20N2O5S/c1-4-15-12(3)28-18(17(15)20(25)26-5-2)22-16(23)11-27-19(24)14-8-6-13(10-21)7-9-14/h6-9H,4-5,11H2,1-3H3,(H,22,23). The maximum absolute atomic E-state index is 12.3. The van der Waals surface area contributed by atoms with E-state index in [0.29, 0.717) is 22.5 Å². The zero-order valence-electron chi connectivity index (χ0n) is 15.8. The van der Waals surface area contributed by atoms with Gasteiger partial charge in [-0.2, -0.15) is 5.26 Å². The van der Waals surface area contributed by atoms with E-state index in [-0.39, 0.29) is 12.2 Å². The van der Waals surface area contributed by atoms with E-state index in [9.17, 15) is 14.4 Å². The van der Waals surface area contributed by atoms with Crippen LogP contribution in [0.4, 0.5) is 5.00 Å². The first-order chi connectivity index (χ1) is 13.4. The summed E-state index contributed by atoms with van der Waals surface area (Å²) in [5.74, 6) is -1.73. The van der Waals surface area contributed by atoms with Gasteiger partial charge in [0, 0.05) is 4.88 Å². The van der Waals surface area contributed by atoms with Crippen molar-refractivity contribution in [2.75, 3.05) is 18.5 Å². The summed E-state index contributed by atoms with van der Waals surface area (Å²) >= 11 is 1.28. The van der Waals surface area contributed by atoms with E-state index in [1.54, 1.807) is 6.92 Å². The molecule has 0 aliphatic rings. The molecule has 146 valence electrons. The van der Waals surface area contributed by atoms with Crippen molar-refractivity contribution >= 4 is 34.2 Å². The largest absolute Gasteiger partial charge is 0.462 e. The van der Waals surface area contributed by atoms with Crippen LogP contribution in [0.2, 0.25) is 0 Å². The average molecular weight is 400 g/mol. The number of rotatable bonds is 7. The number of ether oxygens (including phenoxy) is 2. The second-order valence-corrected chi connectivity index (χ2v) is 6.95. The third kappa shape index (κ3) is 4.96. The molecule has 2 rings (SSSR count). The quantitative estimate of drug-likeness (QED) is 0.714. The van der Waals surface area contributed by atoms with Crippen LogP contribution in [0.15, 0.2) is 24.3 Å². The first-order valence-electron chi connectivity index (χ1n) is 8.67. The highest BCUT2D eigenvalue weighted by Crippen LogP contribution is 2.34. The number of nitriles is 1. The Labute approximate surface area is 166 Å². The van der Waals surface area contributed by atoms with Gasteiger partial charge in [0.25, 0.3) is 5.91 Å². The van der Waals surface area contributed by atoms with Gasteiger partial charge in [0.1, 0.15) is 5.00 Å². The Hall–Kier alpha value is -3.18. The zero-order chi connectivity index (χ0) is 20.7. The van der Waals surface area contributed by atoms with Crippen LogP contribution in [0.1, 0.15) is 50.6 Å². The highest BCUT2D eigenvalue weighted by atomic mass is 32.1. The van der Waals surface area contributed by atoms with Crippen molar-refractivity contribution in [2.24, 2.45) is 0 Å². The van der Waals surface area contributed by atoms with E-state index in [4.69, 9.17) is 14.7 Å². The van der Waals surface area contributed by atoms with Crippen LogP contribution in [0.3, 0.4) is 0 Å². The number of esters is 2. The van der Waals surface area contributed by atoms with E-state index in [1.807, 2.05) is 19.9 Å². The lowest BCUT2D eigenvalue weighted by Gasteiger charge is -2.08. The number of carbonyl (C=O) groups is 3. The maximum atomic E-state index is 12.3. The molecule has 0 atom stereocenters. The van der Waals surface area contributed by atoms with Gasteiger partial charge in [-0.1, -0.05) is 6.92 Å². The predicted octanol–water partition coefficient (Wildman–Crippen LogP) is 3.46. The Morgan fingerprint density at radius 3 is 2.36 bits per heavy atom. The first kappa shape index (κ1) is 21.1. The van der Waals surface area contributed by atoms with E-state index < -0.39 is 24.5 Å². The molecule has 1 heterocycles. The summed E-state index contributed by atoms with van der Waals surface area (Å²) in [6, 6.07) is 7.83. The minimum Gasteiger partial charge on any atom is -0.462 e. The predicted molar refractivity (Wildman–Crippen MR) is 104 cm³/mol. The van der Waals surface area contributed by atoms with Gasteiger partial charge in [-0.3, -0.25) is 4.79 Å². The molecule has 1 aromatic heterocycles. The van der Waals surface area contributed by atoms with E-state index in [0.717, 1.165) is 10.4 Å². The molecule has 0 saturated heterocycles. The SMILES string of the molecule is CCOC(=O)c1c(NC(=O)COC(=O)c2ccc(C#N)cc2)sc(C)c1CC. The molecular weight excluding hydrogens is 380 g/mol. The molecule has 7 nitrogen and oxygen atoms in total. The van der Waals surface area contributed by atoms with Gasteiger partial charge in [-0.05, 0) is 50.1 Å². The van der Waals surface area contributed by atoms with Crippen LogP contribution in [0, 0.1) is 18.3 Å². The van der Waals surface area contributed by atoms with Gasteiger partial charge in [0.15, 0.2) is 6.61 Å². The number of hydrogen-bond acceptors (Lipinski definition) is 7. The summed E-state index contributed by atoms with van der Waals surface area (Å²) in [6.07, 6.45) is 0.625. The van der Waals surface area contributed by atoms with Gasteiger partial charge in [0.05, 0.1) is 29.4 Å². The average Bonchev–Trinajstić information content (AvgIpc) is 3.01. The molecule has 0 saturated carbocycles. The lowest BCUT2D eigenvalue weighted by Crippen LogP contribution is -2.22. The van der Waals surface area contributed by atoms with Crippen LogP contribution in [0.25, 0.3) is 0 Å². The van der Waals surface area contributed by atoms with Crippen molar-refractivity contribution in [3.63, 3.8) is 0 Å². The van der Waals surface area contributed by atoms with Crippen molar-refractivity contribution in [2.45, 2.75) is 27.2 Å². The molecule has 2 aromatic rings. The van der Waals surface area contributed by atoms with Crippen molar-refractivity contribution in [3.05, 3.63) is 51.4 Å². The summed E-state index contributed by atoms with van der Waals surface area (Å²) < 4.78 is 10.1. The molecule has 1 amide bonds. The van der Waals surface area contributed by atoms with E-state index in [2.05, 4.69) is 5.32 Å². The number of aryl methyl sites for hydroxylation is 1. The van der Waals surface area contributed by atoms with Gasteiger partial charge in [0.2, 0.25) is 0 Å². The van der Waals surface area contributed by atoms with Gasteiger partial charge in [-0.25, -0.2) is 9.59 Å². The fourth-order valence-corrected chi connectivity index (χ4v) is 3.72. The maximum Gasteiger partial charge on any atom is 0.341 e. The lowest BCUT2D eigenvalue weighted by molar-refractivity contribution is -0.119. The van der Waals surface area contributed by atoms with Crippen molar-refractivity contribution in [3.8, 4) is 6.07 Å². The topological polar surface area (TPSA) is 105 Å². The smallest absolute Gasteiger partial charge is 0.341 e. The molecule has 0 bridgehead atoms. The summed E-state index contributed by atoms with van der Waals surface area (Å²) in [6.45, 7) is 5.23. The number of hydrogen-bond donors (Lipinski definition) is 1. The molecule has 28 heavy (non-hydrogen) atoms. The molecule has 1 N–H and O–H groups in total. The summed E-state index contributed by atoms with van der Waals surface area (Å²) in [5.41, 5.74) is 1.83. The van der Waals surface area contributed by atoms with E-state index in [1.165, 1.54) is 35.6 Å². The normalized spacial score (nSPS) is 10.1. The third-order valence-electron chi connectivity index (χ3n) is 3.88. The summed E-state index contributed by atoms with van der Waals surface area (Å²) in [5, 5.41) is 11.8. The molecular formula is C20H20N2O5S. The van der Waals surface area contributed by atoms with Gasteiger partial charge >= 0.3 is 11.9 Å². The first-order valence-corrected chi connectivity index (χ1v) is 9.49. The highest BCUT2D eigenvalue weighted by Gasteiger charge is 2.23. The number of carbonyl (C=O) groups excluding carboxylic acids is 3. The fourth-order valence-electron chi connectivity index (χ4n) is 2.57.